The smallest absolute Gasteiger partial charge is 0.182 e. The van der Waals surface area contributed by atoms with Crippen LogP contribution in [-0.4, -0.2) is 27.1 Å². The molecule has 0 fully saturated rings. The molecule has 5 heteroatoms. The van der Waals surface area contributed by atoms with Crippen LogP contribution in [0.4, 0.5) is 0 Å². The number of benzene rings is 1. The summed E-state index contributed by atoms with van der Waals surface area (Å²) in [7, 11) is 0. The molecule has 0 aliphatic carbocycles. The van der Waals surface area contributed by atoms with Crippen LogP contribution in [-0.2, 0) is 11.4 Å². The molecule has 1 atom stereocenters. The van der Waals surface area contributed by atoms with Gasteiger partial charge >= 0.3 is 0 Å². The number of rotatable bonds is 1. The normalized spacial score (nSPS) is 20.9. The predicted molar refractivity (Wildman–Crippen MR) is 66.1 cm³/mol. The highest BCUT2D eigenvalue weighted by atomic mass is 16.6. The Morgan fingerprint density at radius 1 is 1.11 bits per heavy atom. The molecule has 18 heavy (non-hydrogen) atoms. The first-order valence-electron chi connectivity index (χ1n) is 6.12. The molecular formula is C13H12N4O. The van der Waals surface area contributed by atoms with Gasteiger partial charge in [-0.3, -0.25) is 0 Å². The Bertz CT molecular complexity index is 617. The first-order valence-corrected chi connectivity index (χ1v) is 6.12. The van der Waals surface area contributed by atoms with Gasteiger partial charge in [0.1, 0.15) is 12.3 Å². The molecule has 2 aliphatic heterocycles. The van der Waals surface area contributed by atoms with Gasteiger partial charge in [-0.15, -0.1) is 10.2 Å². The topological polar surface area (TPSA) is 52.3 Å². The predicted octanol–water partition coefficient (Wildman–Crippen LogP) is 1.70. The van der Waals surface area contributed by atoms with Crippen LogP contribution in [0.5, 0.6) is 0 Å². The van der Waals surface area contributed by atoms with Crippen molar-refractivity contribution < 1.29 is 4.84 Å². The summed E-state index contributed by atoms with van der Waals surface area (Å²) in [5, 5.41) is 12.7. The van der Waals surface area contributed by atoms with Gasteiger partial charge in [0.15, 0.2) is 11.6 Å². The van der Waals surface area contributed by atoms with Crippen molar-refractivity contribution in [3.05, 3.63) is 36.2 Å². The van der Waals surface area contributed by atoms with E-state index in [4.69, 9.17) is 4.84 Å². The third kappa shape index (κ3) is 1.30. The zero-order valence-electron chi connectivity index (χ0n) is 9.78. The van der Waals surface area contributed by atoms with Crippen LogP contribution in [0.3, 0.4) is 0 Å². The van der Waals surface area contributed by atoms with E-state index in [0.717, 1.165) is 35.9 Å². The van der Waals surface area contributed by atoms with Crippen molar-refractivity contribution in [2.24, 2.45) is 11.1 Å². The Hall–Kier alpha value is -2.17. The van der Waals surface area contributed by atoms with E-state index in [-0.39, 0.29) is 0 Å². The number of fused-ring (bicyclic) bond motifs is 3. The molecule has 0 bridgehead atoms. The van der Waals surface area contributed by atoms with Gasteiger partial charge in [0, 0.05) is 18.0 Å². The second-order valence-electron chi connectivity index (χ2n) is 4.62. The second-order valence-corrected chi connectivity index (χ2v) is 4.62. The molecule has 1 unspecified atom stereocenters. The lowest BCUT2D eigenvalue weighted by Crippen LogP contribution is -2.26. The number of aromatic nitrogens is 3. The van der Waals surface area contributed by atoms with E-state index in [2.05, 4.69) is 32.1 Å². The highest BCUT2D eigenvalue weighted by molar-refractivity contribution is 6.00. The summed E-state index contributed by atoms with van der Waals surface area (Å²) in [5.41, 5.74) is 2.05. The summed E-state index contributed by atoms with van der Waals surface area (Å²) in [6.45, 7) is 1.61. The van der Waals surface area contributed by atoms with Crippen molar-refractivity contribution >= 4 is 5.71 Å². The van der Waals surface area contributed by atoms with Crippen LogP contribution in [0, 0.1) is 5.92 Å². The van der Waals surface area contributed by atoms with Crippen molar-refractivity contribution in [3.63, 3.8) is 0 Å². The number of oxime groups is 1. The van der Waals surface area contributed by atoms with Gasteiger partial charge in [-0.25, -0.2) is 0 Å². The Kier molecular flexibility index (Phi) is 2.00. The molecule has 2 aromatic rings. The lowest BCUT2D eigenvalue weighted by Gasteiger charge is -2.19. The maximum absolute atomic E-state index is 5.17. The van der Waals surface area contributed by atoms with E-state index >= 15 is 0 Å². The molecule has 90 valence electrons. The summed E-state index contributed by atoms with van der Waals surface area (Å²) < 4.78 is 2.14. The van der Waals surface area contributed by atoms with Crippen LogP contribution >= 0.6 is 0 Å². The molecule has 3 heterocycles. The Labute approximate surface area is 104 Å². The van der Waals surface area contributed by atoms with Crippen molar-refractivity contribution in [3.8, 4) is 11.4 Å². The third-order valence-electron chi connectivity index (χ3n) is 3.54. The van der Waals surface area contributed by atoms with Crippen molar-refractivity contribution in [1.82, 2.24) is 14.8 Å². The zero-order valence-corrected chi connectivity index (χ0v) is 9.78. The zero-order chi connectivity index (χ0) is 11.9. The van der Waals surface area contributed by atoms with E-state index < -0.39 is 0 Å². The Morgan fingerprint density at radius 3 is 2.83 bits per heavy atom. The van der Waals surface area contributed by atoms with E-state index in [1.54, 1.807) is 0 Å². The molecule has 0 saturated carbocycles. The molecule has 0 N–H and O–H groups in total. The average molecular weight is 240 g/mol. The minimum absolute atomic E-state index is 0.394. The van der Waals surface area contributed by atoms with Crippen molar-refractivity contribution in [1.29, 1.82) is 0 Å². The van der Waals surface area contributed by atoms with Crippen LogP contribution < -0.4 is 0 Å². The summed E-state index contributed by atoms with van der Waals surface area (Å²) in [4.78, 5) is 5.17. The largest absolute Gasteiger partial charge is 0.395 e. The minimum atomic E-state index is 0.394. The molecule has 4 rings (SSSR count). The summed E-state index contributed by atoms with van der Waals surface area (Å²) >= 11 is 0. The number of hydrogen-bond donors (Lipinski definition) is 0. The van der Waals surface area contributed by atoms with Crippen LogP contribution in [0.15, 0.2) is 35.5 Å². The average Bonchev–Trinajstić information content (AvgIpc) is 3.05. The van der Waals surface area contributed by atoms with E-state index in [1.807, 2.05) is 18.2 Å². The lowest BCUT2D eigenvalue weighted by atomic mass is 9.97. The van der Waals surface area contributed by atoms with Crippen molar-refractivity contribution in [2.75, 3.05) is 6.61 Å². The Balaban J connectivity index is 1.85. The molecule has 1 aromatic carbocycles. The molecule has 0 spiro atoms. The van der Waals surface area contributed by atoms with Gasteiger partial charge in [-0.05, 0) is 6.42 Å². The first kappa shape index (κ1) is 9.82. The summed E-state index contributed by atoms with van der Waals surface area (Å²) in [6.07, 6.45) is 1.05. The van der Waals surface area contributed by atoms with Gasteiger partial charge < -0.3 is 9.40 Å². The molecule has 1 aromatic heterocycles. The molecular weight excluding hydrogens is 228 g/mol. The fraction of sp³-hybridized carbons (Fsp3) is 0.308. The fourth-order valence-electron chi connectivity index (χ4n) is 2.58. The monoisotopic (exact) mass is 240 g/mol. The second kappa shape index (κ2) is 3.66. The van der Waals surface area contributed by atoms with Crippen LogP contribution in [0.25, 0.3) is 11.4 Å². The Morgan fingerprint density at radius 2 is 1.94 bits per heavy atom. The maximum Gasteiger partial charge on any atom is 0.182 e. The summed E-state index contributed by atoms with van der Waals surface area (Å²) in [6, 6.07) is 10.1. The van der Waals surface area contributed by atoms with Gasteiger partial charge in [0.05, 0.1) is 0 Å². The quantitative estimate of drug-likeness (QED) is 0.762. The van der Waals surface area contributed by atoms with Crippen LogP contribution in [0.2, 0.25) is 0 Å². The van der Waals surface area contributed by atoms with Gasteiger partial charge in [-0.1, -0.05) is 35.5 Å². The lowest BCUT2D eigenvalue weighted by molar-refractivity contribution is 0.151. The molecule has 0 saturated heterocycles. The standard InChI is InChI=1S/C13H12N4O/c1-2-4-9(5-3-1)12-14-15-13-11-10(8-18-16-11)6-7-17(12)13/h1-5,10H,6-8H2. The van der Waals surface area contributed by atoms with Gasteiger partial charge in [0.2, 0.25) is 0 Å². The summed E-state index contributed by atoms with van der Waals surface area (Å²) in [5.74, 6) is 2.17. The van der Waals surface area contributed by atoms with Gasteiger partial charge in [-0.2, -0.15) is 0 Å². The molecule has 2 aliphatic rings. The minimum Gasteiger partial charge on any atom is -0.395 e. The fourth-order valence-corrected chi connectivity index (χ4v) is 2.58. The van der Waals surface area contributed by atoms with E-state index in [9.17, 15) is 0 Å². The van der Waals surface area contributed by atoms with Crippen LogP contribution in [0.1, 0.15) is 12.2 Å². The molecule has 0 amide bonds. The highest BCUT2D eigenvalue weighted by Gasteiger charge is 2.34. The maximum atomic E-state index is 5.17. The first-order chi connectivity index (χ1) is 8.93. The third-order valence-corrected chi connectivity index (χ3v) is 3.54. The SMILES string of the molecule is c1ccc(-c2nnc3n2CCC2CON=C32)cc1. The van der Waals surface area contributed by atoms with E-state index in [1.165, 1.54) is 0 Å². The van der Waals surface area contributed by atoms with Gasteiger partial charge in [0.25, 0.3) is 0 Å². The molecule has 0 radical (unpaired) electrons. The van der Waals surface area contributed by atoms with Crippen molar-refractivity contribution in [2.45, 2.75) is 13.0 Å². The number of hydrogen-bond acceptors (Lipinski definition) is 4. The van der Waals surface area contributed by atoms with E-state index in [0.29, 0.717) is 12.5 Å². The molecule has 5 nitrogen and oxygen atoms in total. The highest BCUT2D eigenvalue weighted by Crippen LogP contribution is 2.28. The number of nitrogens with zero attached hydrogens (tertiary/aromatic N) is 4.